The van der Waals surface area contributed by atoms with Gasteiger partial charge in [-0.2, -0.15) is 0 Å². The number of nitrogens with one attached hydrogen (secondary N) is 1. The predicted octanol–water partition coefficient (Wildman–Crippen LogP) is 3.38. The number of H-pyrrole nitrogens is 1. The highest BCUT2D eigenvalue weighted by molar-refractivity contribution is 5.83. The highest BCUT2D eigenvalue weighted by atomic mass is 16.5. The second kappa shape index (κ2) is 10.4. The molecule has 184 valence electrons. The van der Waals surface area contributed by atoms with Gasteiger partial charge in [-0.3, -0.25) is 9.69 Å². The van der Waals surface area contributed by atoms with Gasteiger partial charge in [0.2, 0.25) is 0 Å². The predicted molar refractivity (Wildman–Crippen MR) is 133 cm³/mol. The topological polar surface area (TPSA) is 111 Å². The Hall–Kier alpha value is -4.44. The van der Waals surface area contributed by atoms with Crippen molar-refractivity contribution in [1.82, 2.24) is 30.1 Å². The summed E-state index contributed by atoms with van der Waals surface area (Å²) in [5.41, 5.74) is 2.19. The lowest BCUT2D eigenvalue weighted by molar-refractivity contribution is 0.217. The van der Waals surface area contributed by atoms with Gasteiger partial charge in [-0.15, -0.1) is 5.10 Å². The van der Waals surface area contributed by atoms with Crippen molar-refractivity contribution in [1.29, 1.82) is 0 Å². The molecule has 0 fully saturated rings. The molecule has 0 bridgehead atoms. The summed E-state index contributed by atoms with van der Waals surface area (Å²) in [7, 11) is 3.15. The van der Waals surface area contributed by atoms with Crippen LogP contribution in [0.5, 0.6) is 11.5 Å². The van der Waals surface area contributed by atoms with E-state index in [0.29, 0.717) is 54.6 Å². The Kier molecular flexibility index (Phi) is 6.76. The SMILES string of the molecule is COc1cc2cc(CN(Cc3ccco3)Cc3nnnn3Cc3ccccc3)c(=O)[nH]c2cc1OC. The maximum Gasteiger partial charge on any atom is 0.252 e. The lowest BCUT2D eigenvalue weighted by Crippen LogP contribution is -2.28. The van der Waals surface area contributed by atoms with Crippen LogP contribution in [0.1, 0.15) is 22.7 Å². The fraction of sp³-hybridized carbons (Fsp3) is 0.231. The number of tetrazole rings is 1. The average molecular weight is 487 g/mol. The van der Waals surface area contributed by atoms with E-state index < -0.39 is 0 Å². The molecule has 36 heavy (non-hydrogen) atoms. The Morgan fingerprint density at radius 1 is 0.972 bits per heavy atom. The van der Waals surface area contributed by atoms with E-state index >= 15 is 0 Å². The fourth-order valence-corrected chi connectivity index (χ4v) is 4.14. The molecule has 0 atom stereocenters. The number of hydrogen-bond donors (Lipinski definition) is 1. The molecular weight excluding hydrogens is 460 g/mol. The van der Waals surface area contributed by atoms with E-state index in [9.17, 15) is 4.79 Å². The molecule has 0 unspecified atom stereocenters. The van der Waals surface area contributed by atoms with E-state index in [2.05, 4.69) is 25.4 Å². The summed E-state index contributed by atoms with van der Waals surface area (Å²) >= 11 is 0. The first-order valence-corrected chi connectivity index (χ1v) is 11.4. The Bertz CT molecular complexity index is 1490. The van der Waals surface area contributed by atoms with Gasteiger partial charge in [0.25, 0.3) is 5.56 Å². The average Bonchev–Trinajstić information content (AvgIpc) is 3.56. The lowest BCUT2D eigenvalue weighted by Gasteiger charge is -2.21. The van der Waals surface area contributed by atoms with Gasteiger partial charge >= 0.3 is 0 Å². The van der Waals surface area contributed by atoms with Gasteiger partial charge in [-0.1, -0.05) is 30.3 Å². The van der Waals surface area contributed by atoms with Crippen molar-refractivity contribution >= 4 is 10.9 Å². The molecule has 10 heteroatoms. The van der Waals surface area contributed by atoms with Crippen molar-refractivity contribution in [3.05, 3.63) is 100.0 Å². The minimum Gasteiger partial charge on any atom is -0.493 e. The van der Waals surface area contributed by atoms with Crippen LogP contribution in [0.4, 0.5) is 0 Å². The van der Waals surface area contributed by atoms with Gasteiger partial charge in [-0.05, 0) is 40.3 Å². The highest BCUT2D eigenvalue weighted by Gasteiger charge is 2.17. The molecule has 0 saturated heterocycles. The Balaban J connectivity index is 1.44. The molecule has 0 aliphatic heterocycles. The zero-order chi connectivity index (χ0) is 24.9. The monoisotopic (exact) mass is 486 g/mol. The Labute approximate surface area is 207 Å². The standard InChI is InChI=1S/C26H26N6O4/c1-34-23-12-19-11-20(26(33)27-22(19)13-24(23)35-2)15-31(16-21-9-6-10-36-21)17-25-28-29-30-32(25)14-18-7-4-3-5-8-18/h3-13H,14-17H2,1-2H3,(H,27,33). The summed E-state index contributed by atoms with van der Waals surface area (Å²) in [6, 6.07) is 19.2. The number of ether oxygens (including phenoxy) is 2. The molecule has 1 N–H and O–H groups in total. The maximum atomic E-state index is 13.0. The molecule has 0 spiro atoms. The number of hydrogen-bond acceptors (Lipinski definition) is 8. The summed E-state index contributed by atoms with van der Waals surface area (Å²) in [6.45, 7) is 1.81. The van der Waals surface area contributed by atoms with Crippen LogP contribution in [0.15, 0.2) is 76.1 Å². The third kappa shape index (κ3) is 5.13. The van der Waals surface area contributed by atoms with Gasteiger partial charge in [0.05, 0.1) is 45.6 Å². The summed E-state index contributed by atoms with van der Waals surface area (Å²) in [5.74, 6) is 2.61. The number of furan rings is 1. The number of benzene rings is 2. The number of methoxy groups -OCH3 is 2. The van der Waals surface area contributed by atoms with Crippen molar-refractivity contribution in [2.24, 2.45) is 0 Å². The van der Waals surface area contributed by atoms with Crippen LogP contribution in [0.2, 0.25) is 0 Å². The second-order valence-electron chi connectivity index (χ2n) is 8.38. The van der Waals surface area contributed by atoms with E-state index in [1.54, 1.807) is 31.2 Å². The number of nitrogens with zero attached hydrogens (tertiary/aromatic N) is 5. The van der Waals surface area contributed by atoms with Gasteiger partial charge in [0, 0.05) is 23.6 Å². The third-order valence-electron chi connectivity index (χ3n) is 5.93. The zero-order valence-corrected chi connectivity index (χ0v) is 20.0. The Morgan fingerprint density at radius 3 is 2.53 bits per heavy atom. The molecule has 3 heterocycles. The van der Waals surface area contributed by atoms with Crippen LogP contribution < -0.4 is 15.0 Å². The van der Waals surface area contributed by atoms with Crippen LogP contribution in [0, 0.1) is 0 Å². The van der Waals surface area contributed by atoms with Crippen molar-refractivity contribution < 1.29 is 13.9 Å². The van der Waals surface area contributed by atoms with Gasteiger partial charge in [-0.25, -0.2) is 4.68 Å². The fourth-order valence-electron chi connectivity index (χ4n) is 4.14. The second-order valence-corrected chi connectivity index (χ2v) is 8.38. The molecule has 2 aromatic carbocycles. The van der Waals surface area contributed by atoms with Crippen LogP contribution >= 0.6 is 0 Å². The largest absolute Gasteiger partial charge is 0.493 e. The summed E-state index contributed by atoms with van der Waals surface area (Å²) < 4.78 is 18.2. The normalized spacial score (nSPS) is 11.3. The van der Waals surface area contributed by atoms with Crippen molar-refractivity contribution in [3.63, 3.8) is 0 Å². The van der Waals surface area contributed by atoms with E-state index in [-0.39, 0.29) is 5.56 Å². The van der Waals surface area contributed by atoms with Gasteiger partial charge in [0.1, 0.15) is 5.76 Å². The van der Waals surface area contributed by atoms with Crippen molar-refractivity contribution in [2.75, 3.05) is 14.2 Å². The smallest absolute Gasteiger partial charge is 0.252 e. The molecule has 10 nitrogen and oxygen atoms in total. The minimum atomic E-state index is -0.178. The molecule has 5 aromatic rings. The zero-order valence-electron chi connectivity index (χ0n) is 20.0. The molecule has 5 rings (SSSR count). The number of aromatic nitrogens is 5. The Morgan fingerprint density at radius 2 is 1.78 bits per heavy atom. The molecular formula is C26H26N6O4. The van der Waals surface area contributed by atoms with Crippen molar-refractivity contribution in [3.8, 4) is 11.5 Å². The molecule has 3 aromatic heterocycles. The maximum absolute atomic E-state index is 13.0. The van der Waals surface area contributed by atoms with E-state index in [1.807, 2.05) is 54.6 Å². The van der Waals surface area contributed by atoms with Crippen LogP contribution in [-0.4, -0.2) is 44.3 Å². The van der Waals surface area contributed by atoms with Gasteiger partial charge < -0.3 is 18.9 Å². The molecule has 0 aliphatic rings. The first-order chi connectivity index (χ1) is 17.6. The molecule has 0 saturated carbocycles. The summed E-state index contributed by atoms with van der Waals surface area (Å²) in [4.78, 5) is 18.0. The number of fused-ring (bicyclic) bond motifs is 1. The van der Waals surface area contributed by atoms with Crippen molar-refractivity contribution in [2.45, 2.75) is 26.2 Å². The number of rotatable bonds is 10. The lowest BCUT2D eigenvalue weighted by atomic mass is 10.1. The van der Waals surface area contributed by atoms with Crippen LogP contribution in [-0.2, 0) is 26.2 Å². The van der Waals surface area contributed by atoms with E-state index in [1.165, 1.54) is 0 Å². The molecule has 0 radical (unpaired) electrons. The highest BCUT2D eigenvalue weighted by Crippen LogP contribution is 2.31. The van der Waals surface area contributed by atoms with E-state index in [4.69, 9.17) is 13.9 Å². The van der Waals surface area contributed by atoms with Crippen LogP contribution in [0.3, 0.4) is 0 Å². The first-order valence-electron chi connectivity index (χ1n) is 11.4. The van der Waals surface area contributed by atoms with Crippen LogP contribution in [0.25, 0.3) is 10.9 Å². The minimum absolute atomic E-state index is 0.178. The number of pyridine rings is 1. The third-order valence-corrected chi connectivity index (χ3v) is 5.93. The molecule has 0 aliphatic carbocycles. The number of aromatic amines is 1. The first kappa shape index (κ1) is 23.3. The summed E-state index contributed by atoms with van der Waals surface area (Å²) in [5, 5.41) is 13.2. The van der Waals surface area contributed by atoms with Gasteiger partial charge in [0.15, 0.2) is 17.3 Å². The quantitative estimate of drug-likeness (QED) is 0.320. The molecule has 0 amide bonds. The van der Waals surface area contributed by atoms with E-state index in [0.717, 1.165) is 16.7 Å². The summed E-state index contributed by atoms with van der Waals surface area (Å²) in [6.07, 6.45) is 1.63.